The Morgan fingerprint density at radius 1 is 1.00 bits per heavy atom. The van der Waals surface area contributed by atoms with Crippen LogP contribution in [-0.4, -0.2) is 45.1 Å². The van der Waals surface area contributed by atoms with E-state index in [-0.39, 0.29) is 0 Å². The smallest absolute Gasteiger partial charge is 0.417 e. The van der Waals surface area contributed by atoms with Crippen LogP contribution in [0, 0.1) is 0 Å². The van der Waals surface area contributed by atoms with Gasteiger partial charge in [-0.15, -0.1) is 0 Å². The van der Waals surface area contributed by atoms with Gasteiger partial charge in [-0.05, 0) is 61.1 Å². The predicted octanol–water partition coefficient (Wildman–Crippen LogP) is 4.48. The Morgan fingerprint density at radius 3 is 2.39 bits per heavy atom. The molecule has 1 aliphatic carbocycles. The third kappa shape index (κ3) is 6.83. The quantitative estimate of drug-likeness (QED) is 0.406. The van der Waals surface area contributed by atoms with E-state index in [4.69, 9.17) is 14.2 Å². The third-order valence-electron chi connectivity index (χ3n) is 5.67. The van der Waals surface area contributed by atoms with E-state index < -0.39 is 6.09 Å². The number of amides is 1. The molecule has 0 bridgehead atoms. The summed E-state index contributed by atoms with van der Waals surface area (Å²) >= 11 is 0. The van der Waals surface area contributed by atoms with Crippen LogP contribution in [0.15, 0.2) is 36.4 Å². The summed E-state index contributed by atoms with van der Waals surface area (Å²) in [4.78, 5) is 12.5. The fraction of sp³-hybridized carbons (Fsp3) is 0.480. The highest BCUT2D eigenvalue weighted by molar-refractivity contribution is 5.86. The third-order valence-corrected chi connectivity index (χ3v) is 5.67. The molecule has 0 heterocycles. The number of fused-ring (bicyclic) bond motifs is 1. The molecule has 1 atom stereocenters. The summed E-state index contributed by atoms with van der Waals surface area (Å²) in [5, 5.41) is 4.86. The van der Waals surface area contributed by atoms with Crippen molar-refractivity contribution in [3.8, 4) is 17.2 Å². The van der Waals surface area contributed by atoms with E-state index in [0.717, 1.165) is 45.3 Å². The highest BCUT2D eigenvalue weighted by Gasteiger charge is 2.25. The molecule has 1 aliphatic rings. The first kappa shape index (κ1) is 24.8. The maximum Gasteiger partial charge on any atom is 0.417 e. The number of ether oxygens (including phenoxy) is 3. The lowest BCUT2D eigenvalue weighted by atomic mass is 10.0. The summed E-state index contributed by atoms with van der Waals surface area (Å²) in [6, 6.07) is 11.1. The number of hydrazine groups is 2. The second-order valence-electron chi connectivity index (χ2n) is 8.11. The molecule has 2 aromatic carbocycles. The van der Waals surface area contributed by atoms with Crippen molar-refractivity contribution in [1.82, 2.24) is 16.0 Å². The van der Waals surface area contributed by atoms with Crippen molar-refractivity contribution in [2.45, 2.75) is 45.4 Å². The molecule has 2 aromatic rings. The molecule has 0 saturated carbocycles. The molecule has 0 saturated heterocycles. The summed E-state index contributed by atoms with van der Waals surface area (Å²) < 4.78 is 16.1. The van der Waals surface area contributed by atoms with E-state index in [9.17, 15) is 4.79 Å². The molecular formula is C25H36N4O4. The molecule has 0 fully saturated rings. The Balaban J connectivity index is 1.65. The van der Waals surface area contributed by atoms with Gasteiger partial charge in [0.15, 0.2) is 11.5 Å². The second-order valence-corrected chi connectivity index (χ2v) is 8.11. The topological polar surface area (TPSA) is 84.1 Å². The maximum atomic E-state index is 12.5. The van der Waals surface area contributed by atoms with E-state index in [2.05, 4.69) is 41.2 Å². The van der Waals surface area contributed by atoms with Crippen LogP contribution in [0.2, 0.25) is 0 Å². The monoisotopic (exact) mass is 456 g/mol. The molecular weight excluding hydrogens is 420 g/mol. The lowest BCUT2D eigenvalue weighted by Crippen LogP contribution is -2.50. The number of methoxy groups -OCH3 is 2. The number of aryl methyl sites for hydroxylation is 1. The van der Waals surface area contributed by atoms with E-state index in [1.807, 2.05) is 12.1 Å². The van der Waals surface area contributed by atoms with Crippen molar-refractivity contribution >= 4 is 11.8 Å². The first-order valence-corrected chi connectivity index (χ1v) is 11.7. The van der Waals surface area contributed by atoms with Gasteiger partial charge < -0.3 is 14.2 Å². The highest BCUT2D eigenvalue weighted by atomic mass is 16.6. The van der Waals surface area contributed by atoms with Crippen LogP contribution in [0.5, 0.6) is 17.2 Å². The number of rotatable bonds is 12. The van der Waals surface area contributed by atoms with Crippen molar-refractivity contribution in [2.75, 3.05) is 39.2 Å². The lowest BCUT2D eigenvalue weighted by Gasteiger charge is -2.27. The average molecular weight is 457 g/mol. The van der Waals surface area contributed by atoms with Gasteiger partial charge in [0, 0.05) is 37.3 Å². The molecule has 0 aliphatic heterocycles. The molecule has 1 unspecified atom stereocenters. The SMILES string of the molecule is CCCNN(CC1CCc2ccc(OC(=O)Nc3ccc(OC)c(OC)c3)cc21)NCCC. The Morgan fingerprint density at radius 2 is 1.73 bits per heavy atom. The zero-order chi connectivity index (χ0) is 23.6. The molecule has 180 valence electrons. The number of carbonyl (C=O) groups excluding carboxylic acids is 1. The summed E-state index contributed by atoms with van der Waals surface area (Å²) in [7, 11) is 3.12. The van der Waals surface area contributed by atoms with Crippen LogP contribution >= 0.6 is 0 Å². The minimum absolute atomic E-state index is 0.367. The minimum atomic E-state index is -0.549. The van der Waals surface area contributed by atoms with E-state index in [1.165, 1.54) is 11.1 Å². The molecule has 0 aromatic heterocycles. The zero-order valence-electron chi connectivity index (χ0n) is 20.1. The molecule has 8 nitrogen and oxygen atoms in total. The van der Waals surface area contributed by atoms with Crippen molar-refractivity contribution in [3.63, 3.8) is 0 Å². The van der Waals surface area contributed by atoms with Crippen molar-refractivity contribution < 1.29 is 19.0 Å². The molecule has 3 N–H and O–H groups in total. The summed E-state index contributed by atoms with van der Waals surface area (Å²) in [5.41, 5.74) is 10.1. The summed E-state index contributed by atoms with van der Waals surface area (Å²) in [6.07, 6.45) is 3.70. The van der Waals surface area contributed by atoms with Crippen molar-refractivity contribution in [3.05, 3.63) is 47.5 Å². The number of nitrogens with one attached hydrogen (secondary N) is 3. The first-order chi connectivity index (χ1) is 16.1. The number of nitrogens with zero attached hydrogens (tertiary/aromatic N) is 1. The van der Waals surface area contributed by atoms with Crippen LogP contribution in [0.25, 0.3) is 0 Å². The van der Waals surface area contributed by atoms with Crippen LogP contribution < -0.4 is 30.4 Å². The fourth-order valence-corrected chi connectivity index (χ4v) is 3.98. The van der Waals surface area contributed by atoms with Crippen LogP contribution in [0.3, 0.4) is 0 Å². The highest BCUT2D eigenvalue weighted by Crippen LogP contribution is 2.36. The van der Waals surface area contributed by atoms with Gasteiger partial charge >= 0.3 is 6.09 Å². The second kappa shape index (κ2) is 12.4. The predicted molar refractivity (Wildman–Crippen MR) is 130 cm³/mol. The van der Waals surface area contributed by atoms with Gasteiger partial charge in [0.2, 0.25) is 0 Å². The zero-order valence-corrected chi connectivity index (χ0v) is 20.1. The van der Waals surface area contributed by atoms with Gasteiger partial charge in [0.05, 0.1) is 14.2 Å². The standard InChI is InChI=1S/C25H36N4O4/c1-5-13-26-29(27-14-6-2)17-19-8-7-18-9-11-21(16-22(18)19)33-25(30)28-20-10-12-23(31-3)24(15-20)32-4/h9-12,15-16,19,26-27H,5-8,13-14,17H2,1-4H3,(H,28,30). The van der Waals surface area contributed by atoms with E-state index >= 15 is 0 Å². The van der Waals surface area contributed by atoms with Crippen LogP contribution in [0.4, 0.5) is 10.5 Å². The fourth-order valence-electron chi connectivity index (χ4n) is 3.98. The Hall–Kier alpha value is -2.81. The number of benzene rings is 2. The van der Waals surface area contributed by atoms with Gasteiger partial charge in [-0.2, -0.15) is 5.12 Å². The molecule has 33 heavy (non-hydrogen) atoms. The van der Waals surface area contributed by atoms with Gasteiger partial charge in [0.1, 0.15) is 5.75 Å². The number of hydrogen-bond donors (Lipinski definition) is 3. The first-order valence-electron chi connectivity index (χ1n) is 11.7. The van der Waals surface area contributed by atoms with Crippen LogP contribution in [0.1, 0.15) is 50.2 Å². The molecule has 3 rings (SSSR count). The number of anilines is 1. The lowest BCUT2D eigenvalue weighted by molar-refractivity contribution is 0.104. The largest absolute Gasteiger partial charge is 0.493 e. The number of carbonyl (C=O) groups is 1. The van der Waals surface area contributed by atoms with Gasteiger partial charge in [-0.3, -0.25) is 5.32 Å². The summed E-state index contributed by atoms with van der Waals surface area (Å²) in [6.45, 7) is 7.03. The molecule has 1 amide bonds. The van der Waals surface area contributed by atoms with Crippen molar-refractivity contribution in [2.24, 2.45) is 0 Å². The average Bonchev–Trinajstić information content (AvgIpc) is 3.22. The van der Waals surface area contributed by atoms with Gasteiger partial charge in [-0.25, -0.2) is 15.6 Å². The van der Waals surface area contributed by atoms with E-state index in [0.29, 0.717) is 28.9 Å². The molecule has 0 radical (unpaired) electrons. The van der Waals surface area contributed by atoms with E-state index in [1.54, 1.807) is 32.4 Å². The Labute approximate surface area is 196 Å². The van der Waals surface area contributed by atoms with Gasteiger partial charge in [-0.1, -0.05) is 19.9 Å². The normalized spacial score (nSPS) is 14.8. The Bertz CT molecular complexity index is 913. The number of hydrogen-bond acceptors (Lipinski definition) is 7. The maximum absolute atomic E-state index is 12.5. The molecule has 8 heteroatoms. The summed E-state index contributed by atoms with van der Waals surface area (Å²) in [5.74, 6) is 2.03. The molecule has 0 spiro atoms. The van der Waals surface area contributed by atoms with Crippen LogP contribution in [-0.2, 0) is 6.42 Å². The minimum Gasteiger partial charge on any atom is -0.493 e. The van der Waals surface area contributed by atoms with Crippen molar-refractivity contribution in [1.29, 1.82) is 0 Å². The Kier molecular flexibility index (Phi) is 9.35. The van der Waals surface area contributed by atoms with Gasteiger partial charge in [0.25, 0.3) is 0 Å².